The molecule has 0 radical (unpaired) electrons. The summed E-state index contributed by atoms with van der Waals surface area (Å²) in [7, 11) is 0. The predicted octanol–water partition coefficient (Wildman–Crippen LogP) is 1.70. The van der Waals surface area contributed by atoms with Gasteiger partial charge in [-0.25, -0.2) is 23.1 Å². The van der Waals surface area contributed by atoms with Crippen molar-refractivity contribution in [1.29, 1.82) is 0 Å². The highest BCUT2D eigenvalue weighted by Crippen LogP contribution is 2.30. The van der Waals surface area contributed by atoms with Gasteiger partial charge in [-0.05, 0) is 6.42 Å². The summed E-state index contributed by atoms with van der Waals surface area (Å²) >= 11 is 0. The molecular weight excluding hydrogens is 297 g/mol. The van der Waals surface area contributed by atoms with Gasteiger partial charge in [0.2, 0.25) is 5.91 Å². The first kappa shape index (κ1) is 15.1. The van der Waals surface area contributed by atoms with E-state index in [4.69, 9.17) is 0 Å². The Labute approximate surface area is 126 Å². The number of halogens is 3. The normalized spacial score (nSPS) is 24.6. The maximum absolute atomic E-state index is 13.7. The molecule has 0 aromatic carbocycles. The molecule has 1 amide bonds. The van der Waals surface area contributed by atoms with E-state index in [0.29, 0.717) is 19.5 Å². The van der Waals surface area contributed by atoms with Crippen molar-refractivity contribution in [3.8, 4) is 0 Å². The van der Waals surface area contributed by atoms with E-state index < -0.39 is 11.7 Å². The van der Waals surface area contributed by atoms with Crippen molar-refractivity contribution < 1.29 is 18.0 Å². The van der Waals surface area contributed by atoms with Gasteiger partial charge in [0, 0.05) is 39.0 Å². The van der Waals surface area contributed by atoms with E-state index in [1.807, 2.05) is 0 Å². The molecule has 120 valence electrons. The third kappa shape index (κ3) is 3.00. The van der Waals surface area contributed by atoms with Crippen LogP contribution in [0.3, 0.4) is 0 Å². The standard InChI is InChI=1S/C14H17F3N4O/c15-11-7-18-9-19-12(11)21-4-1-10(8-21)13(22)20-5-2-14(16,17)3-6-20/h7,9-10H,1-6,8H2. The lowest BCUT2D eigenvalue weighted by molar-refractivity contribution is -0.140. The van der Waals surface area contributed by atoms with Gasteiger partial charge in [0.1, 0.15) is 6.33 Å². The molecule has 0 aliphatic carbocycles. The first-order valence-electron chi connectivity index (χ1n) is 7.33. The lowest BCUT2D eigenvalue weighted by Gasteiger charge is -2.33. The summed E-state index contributed by atoms with van der Waals surface area (Å²) in [6.07, 6.45) is 2.37. The number of carbonyl (C=O) groups is 1. The fraction of sp³-hybridized carbons (Fsp3) is 0.643. The zero-order chi connectivity index (χ0) is 15.7. The van der Waals surface area contributed by atoms with Gasteiger partial charge in [0.25, 0.3) is 5.92 Å². The van der Waals surface area contributed by atoms with Crippen LogP contribution in [0.5, 0.6) is 0 Å². The maximum atomic E-state index is 13.7. The van der Waals surface area contributed by atoms with E-state index >= 15 is 0 Å². The number of alkyl halides is 2. The summed E-state index contributed by atoms with van der Waals surface area (Å²) in [4.78, 5) is 23.1. The first-order chi connectivity index (χ1) is 10.5. The van der Waals surface area contributed by atoms with Gasteiger partial charge in [-0.15, -0.1) is 0 Å². The van der Waals surface area contributed by atoms with Gasteiger partial charge in [-0.2, -0.15) is 0 Å². The molecule has 2 fully saturated rings. The van der Waals surface area contributed by atoms with E-state index in [1.54, 1.807) is 4.90 Å². The number of piperidine rings is 1. The second-order valence-electron chi connectivity index (χ2n) is 5.81. The Hall–Kier alpha value is -1.86. The number of aromatic nitrogens is 2. The monoisotopic (exact) mass is 314 g/mol. The van der Waals surface area contributed by atoms with E-state index in [9.17, 15) is 18.0 Å². The second kappa shape index (κ2) is 5.73. The number of amides is 1. The van der Waals surface area contributed by atoms with Crippen LogP contribution in [-0.4, -0.2) is 52.9 Å². The number of rotatable bonds is 2. The van der Waals surface area contributed by atoms with Gasteiger partial charge in [0.05, 0.1) is 12.1 Å². The van der Waals surface area contributed by atoms with Crippen molar-refractivity contribution in [2.75, 3.05) is 31.1 Å². The molecule has 0 bridgehead atoms. The van der Waals surface area contributed by atoms with Crippen molar-refractivity contribution in [2.45, 2.75) is 25.2 Å². The molecule has 1 aromatic heterocycles. The summed E-state index contributed by atoms with van der Waals surface area (Å²) in [5.74, 6) is -3.40. The summed E-state index contributed by atoms with van der Waals surface area (Å²) in [5, 5.41) is 0. The van der Waals surface area contributed by atoms with Gasteiger partial charge in [0.15, 0.2) is 11.6 Å². The third-order valence-corrected chi connectivity index (χ3v) is 4.29. The molecule has 0 N–H and O–H groups in total. The number of hydrogen-bond donors (Lipinski definition) is 0. The van der Waals surface area contributed by atoms with E-state index in [2.05, 4.69) is 9.97 Å². The Morgan fingerprint density at radius 3 is 2.68 bits per heavy atom. The van der Waals surface area contributed by atoms with Crippen LogP contribution < -0.4 is 4.90 Å². The van der Waals surface area contributed by atoms with Crippen LogP contribution in [0.1, 0.15) is 19.3 Å². The lowest BCUT2D eigenvalue weighted by atomic mass is 10.0. The maximum Gasteiger partial charge on any atom is 0.251 e. The van der Waals surface area contributed by atoms with Crippen molar-refractivity contribution in [2.24, 2.45) is 5.92 Å². The average Bonchev–Trinajstić information content (AvgIpc) is 2.96. The number of anilines is 1. The Morgan fingerprint density at radius 2 is 2.00 bits per heavy atom. The molecule has 3 heterocycles. The minimum Gasteiger partial charge on any atom is -0.353 e. The van der Waals surface area contributed by atoms with Crippen LogP contribution in [0.25, 0.3) is 0 Å². The summed E-state index contributed by atoms with van der Waals surface area (Å²) < 4.78 is 40.0. The van der Waals surface area contributed by atoms with Gasteiger partial charge in [-0.3, -0.25) is 4.79 Å². The van der Waals surface area contributed by atoms with Gasteiger partial charge >= 0.3 is 0 Å². The highest BCUT2D eigenvalue weighted by molar-refractivity contribution is 5.80. The largest absolute Gasteiger partial charge is 0.353 e. The van der Waals surface area contributed by atoms with Crippen LogP contribution in [0, 0.1) is 11.7 Å². The summed E-state index contributed by atoms with van der Waals surface area (Å²) in [6, 6.07) is 0. The molecule has 1 aromatic rings. The third-order valence-electron chi connectivity index (χ3n) is 4.29. The molecule has 0 saturated carbocycles. The highest BCUT2D eigenvalue weighted by atomic mass is 19.3. The SMILES string of the molecule is O=C(C1CCN(c2ncncc2F)C1)N1CCC(F)(F)CC1. The Kier molecular flexibility index (Phi) is 3.92. The zero-order valence-electron chi connectivity index (χ0n) is 12.0. The molecule has 8 heteroatoms. The Bertz CT molecular complexity index is 559. The van der Waals surface area contributed by atoms with Crippen molar-refractivity contribution in [3.63, 3.8) is 0 Å². The molecule has 3 rings (SSSR count). The van der Waals surface area contributed by atoms with E-state index in [0.717, 1.165) is 6.20 Å². The van der Waals surface area contributed by atoms with Crippen molar-refractivity contribution in [3.05, 3.63) is 18.3 Å². The lowest BCUT2D eigenvalue weighted by Crippen LogP contribution is -2.45. The van der Waals surface area contributed by atoms with E-state index in [-0.39, 0.29) is 43.6 Å². The number of nitrogens with zero attached hydrogens (tertiary/aromatic N) is 4. The quantitative estimate of drug-likeness (QED) is 0.834. The molecule has 22 heavy (non-hydrogen) atoms. The number of carbonyl (C=O) groups excluding carboxylic acids is 1. The van der Waals surface area contributed by atoms with Crippen molar-refractivity contribution >= 4 is 11.7 Å². The van der Waals surface area contributed by atoms with E-state index in [1.165, 1.54) is 11.2 Å². The molecule has 2 aliphatic rings. The molecule has 5 nitrogen and oxygen atoms in total. The first-order valence-corrected chi connectivity index (χ1v) is 7.33. The number of likely N-dealkylation sites (tertiary alicyclic amines) is 1. The van der Waals surface area contributed by atoms with Crippen LogP contribution in [0.4, 0.5) is 19.0 Å². The van der Waals surface area contributed by atoms with Crippen LogP contribution in [-0.2, 0) is 4.79 Å². The number of hydrogen-bond acceptors (Lipinski definition) is 4. The fourth-order valence-corrected chi connectivity index (χ4v) is 3.01. The predicted molar refractivity (Wildman–Crippen MR) is 73.1 cm³/mol. The molecule has 1 unspecified atom stereocenters. The van der Waals surface area contributed by atoms with Crippen LogP contribution in [0.2, 0.25) is 0 Å². The Balaban J connectivity index is 1.61. The van der Waals surface area contributed by atoms with Crippen LogP contribution in [0.15, 0.2) is 12.5 Å². The second-order valence-corrected chi connectivity index (χ2v) is 5.81. The Morgan fingerprint density at radius 1 is 1.27 bits per heavy atom. The van der Waals surface area contributed by atoms with Gasteiger partial charge < -0.3 is 9.80 Å². The molecular formula is C14H17F3N4O. The minimum atomic E-state index is -2.66. The topological polar surface area (TPSA) is 49.3 Å². The summed E-state index contributed by atoms with van der Waals surface area (Å²) in [6.45, 7) is 1.06. The van der Waals surface area contributed by atoms with Crippen LogP contribution >= 0.6 is 0 Å². The molecule has 1 atom stereocenters. The van der Waals surface area contributed by atoms with Gasteiger partial charge in [-0.1, -0.05) is 0 Å². The zero-order valence-corrected chi connectivity index (χ0v) is 12.0. The fourth-order valence-electron chi connectivity index (χ4n) is 3.01. The molecule has 0 spiro atoms. The smallest absolute Gasteiger partial charge is 0.251 e. The molecule has 2 saturated heterocycles. The minimum absolute atomic E-state index is 0.0875. The average molecular weight is 314 g/mol. The highest BCUT2D eigenvalue weighted by Gasteiger charge is 2.39. The summed E-state index contributed by atoms with van der Waals surface area (Å²) in [5.41, 5.74) is 0. The van der Waals surface area contributed by atoms with Crippen molar-refractivity contribution in [1.82, 2.24) is 14.9 Å². The molecule has 2 aliphatic heterocycles.